The zero-order valence-electron chi connectivity index (χ0n) is 11.9. The number of hydrogen-bond donors (Lipinski definition) is 1. The highest BCUT2D eigenvalue weighted by Crippen LogP contribution is 2.55. The molecule has 0 saturated heterocycles. The second-order valence-electron chi connectivity index (χ2n) is 5.74. The number of fused-ring (bicyclic) bond motifs is 1. The summed E-state index contributed by atoms with van der Waals surface area (Å²) in [5, 5.41) is 37.2. The van der Waals surface area contributed by atoms with Crippen LogP contribution in [0.2, 0.25) is 0 Å². The lowest BCUT2D eigenvalue weighted by molar-refractivity contribution is 0.279. The maximum absolute atomic E-state index is 9.70. The summed E-state index contributed by atoms with van der Waals surface area (Å²) in [5.74, 6) is -0.864. The van der Waals surface area contributed by atoms with Crippen molar-refractivity contribution in [2.24, 2.45) is 17.3 Å². The SMILES string of the molecule is N#CC1C(=N)C(C#N)(C#N)C(c2ccco2)C2CCCC=C12. The normalized spacial score (nSPS) is 29.4. The number of nitrogens with one attached hydrogen (secondary N) is 1. The highest BCUT2D eigenvalue weighted by atomic mass is 16.3. The van der Waals surface area contributed by atoms with E-state index in [2.05, 4.69) is 6.07 Å². The lowest BCUT2D eigenvalue weighted by Gasteiger charge is -2.44. The van der Waals surface area contributed by atoms with Gasteiger partial charge in [0.05, 0.1) is 36.1 Å². The van der Waals surface area contributed by atoms with Crippen molar-refractivity contribution >= 4 is 5.71 Å². The molecule has 2 aliphatic rings. The Bertz CT molecular complexity index is 740. The molecule has 3 atom stereocenters. The summed E-state index contributed by atoms with van der Waals surface area (Å²) in [6.07, 6.45) is 6.14. The van der Waals surface area contributed by atoms with Crippen molar-refractivity contribution in [1.29, 1.82) is 21.2 Å². The first-order valence-electron chi connectivity index (χ1n) is 7.24. The third-order valence-corrected chi connectivity index (χ3v) is 4.77. The number of furan rings is 1. The smallest absolute Gasteiger partial charge is 0.192 e. The van der Waals surface area contributed by atoms with Crippen LogP contribution in [0.3, 0.4) is 0 Å². The zero-order chi connectivity index (χ0) is 15.7. The van der Waals surface area contributed by atoms with Gasteiger partial charge < -0.3 is 9.83 Å². The Morgan fingerprint density at radius 2 is 2.05 bits per heavy atom. The van der Waals surface area contributed by atoms with Crippen LogP contribution in [-0.2, 0) is 0 Å². The fraction of sp³-hybridized carbons (Fsp3) is 0.412. The van der Waals surface area contributed by atoms with Crippen molar-refractivity contribution in [1.82, 2.24) is 0 Å². The molecule has 0 spiro atoms. The number of allylic oxidation sites excluding steroid dienone is 2. The predicted molar refractivity (Wildman–Crippen MR) is 77.4 cm³/mol. The number of nitrogens with zero attached hydrogens (tertiary/aromatic N) is 3. The Labute approximate surface area is 128 Å². The third kappa shape index (κ3) is 1.71. The Morgan fingerprint density at radius 3 is 2.64 bits per heavy atom. The molecule has 2 aliphatic carbocycles. The monoisotopic (exact) mass is 290 g/mol. The standard InChI is InChI=1S/C17H14N4O/c18-8-13-11-4-1-2-5-12(11)15(14-6-3-7-22-14)17(9-19,10-20)16(13)21/h3-4,6-7,12-13,15,21H,1-2,5H2. The van der Waals surface area contributed by atoms with Gasteiger partial charge in [0, 0.05) is 0 Å². The van der Waals surface area contributed by atoms with Gasteiger partial charge in [-0.3, -0.25) is 0 Å². The van der Waals surface area contributed by atoms with Crippen LogP contribution in [-0.4, -0.2) is 5.71 Å². The lowest BCUT2D eigenvalue weighted by atomic mass is 9.54. The van der Waals surface area contributed by atoms with E-state index in [4.69, 9.17) is 9.83 Å². The molecule has 1 saturated carbocycles. The molecule has 0 bridgehead atoms. The van der Waals surface area contributed by atoms with Crippen LogP contribution < -0.4 is 0 Å². The second-order valence-corrected chi connectivity index (χ2v) is 5.74. The largest absolute Gasteiger partial charge is 0.469 e. The Hall–Kier alpha value is -2.84. The van der Waals surface area contributed by atoms with Crippen molar-refractivity contribution in [2.75, 3.05) is 0 Å². The van der Waals surface area contributed by atoms with Crippen molar-refractivity contribution in [3.05, 3.63) is 35.8 Å². The van der Waals surface area contributed by atoms with Gasteiger partial charge >= 0.3 is 0 Å². The quantitative estimate of drug-likeness (QED) is 0.800. The third-order valence-electron chi connectivity index (χ3n) is 4.77. The summed E-state index contributed by atoms with van der Waals surface area (Å²) < 4.78 is 5.49. The summed E-state index contributed by atoms with van der Waals surface area (Å²) in [6.45, 7) is 0. The van der Waals surface area contributed by atoms with Crippen LogP contribution in [0.15, 0.2) is 34.5 Å². The maximum atomic E-state index is 9.70. The number of hydrogen-bond acceptors (Lipinski definition) is 5. The molecule has 1 N–H and O–H groups in total. The van der Waals surface area contributed by atoms with Gasteiger partial charge in [0.25, 0.3) is 0 Å². The molecule has 3 unspecified atom stereocenters. The molecule has 0 amide bonds. The fourth-order valence-corrected chi connectivity index (χ4v) is 3.78. The molecule has 0 aliphatic heterocycles. The van der Waals surface area contributed by atoms with Crippen molar-refractivity contribution in [2.45, 2.75) is 25.2 Å². The molecule has 1 aromatic heterocycles. The molecule has 1 fully saturated rings. The number of nitriles is 3. The first-order chi connectivity index (χ1) is 10.7. The summed E-state index contributed by atoms with van der Waals surface area (Å²) in [4.78, 5) is 0. The molecule has 1 aromatic rings. The van der Waals surface area contributed by atoms with Gasteiger partial charge in [-0.2, -0.15) is 15.8 Å². The summed E-state index contributed by atoms with van der Waals surface area (Å²) in [7, 11) is 0. The van der Waals surface area contributed by atoms with E-state index < -0.39 is 17.3 Å². The highest BCUT2D eigenvalue weighted by molar-refractivity contribution is 6.00. The predicted octanol–water partition coefficient (Wildman–Crippen LogP) is 3.30. The number of rotatable bonds is 1. The molecule has 22 heavy (non-hydrogen) atoms. The molecule has 0 aromatic carbocycles. The second kappa shape index (κ2) is 5.17. The summed E-state index contributed by atoms with van der Waals surface area (Å²) in [6, 6.07) is 9.65. The van der Waals surface area contributed by atoms with Gasteiger partial charge in [0.15, 0.2) is 5.41 Å². The molecule has 5 nitrogen and oxygen atoms in total. The van der Waals surface area contributed by atoms with Crippen LogP contribution in [0.25, 0.3) is 0 Å². The maximum Gasteiger partial charge on any atom is 0.192 e. The van der Waals surface area contributed by atoms with E-state index in [0.717, 1.165) is 24.8 Å². The average Bonchev–Trinajstić information content (AvgIpc) is 3.08. The van der Waals surface area contributed by atoms with Crippen LogP contribution in [0.5, 0.6) is 0 Å². The molecule has 1 heterocycles. The van der Waals surface area contributed by atoms with E-state index in [1.807, 2.05) is 18.2 Å². The fourth-order valence-electron chi connectivity index (χ4n) is 3.78. The zero-order valence-corrected chi connectivity index (χ0v) is 11.9. The molecule has 108 valence electrons. The van der Waals surface area contributed by atoms with E-state index in [9.17, 15) is 15.8 Å². The minimum Gasteiger partial charge on any atom is -0.469 e. The van der Waals surface area contributed by atoms with E-state index in [-0.39, 0.29) is 11.6 Å². The molecule has 3 rings (SSSR count). The minimum absolute atomic E-state index is 0.0991. The van der Waals surface area contributed by atoms with Gasteiger partial charge in [-0.1, -0.05) is 6.08 Å². The van der Waals surface area contributed by atoms with Gasteiger partial charge in [0.2, 0.25) is 0 Å². The summed E-state index contributed by atoms with van der Waals surface area (Å²) in [5.41, 5.74) is -0.885. The molecule has 0 radical (unpaired) electrons. The van der Waals surface area contributed by atoms with Gasteiger partial charge in [-0.25, -0.2) is 0 Å². The lowest BCUT2D eigenvalue weighted by Crippen LogP contribution is -2.48. The minimum atomic E-state index is -1.64. The van der Waals surface area contributed by atoms with Gasteiger partial charge in [-0.15, -0.1) is 0 Å². The first-order valence-corrected chi connectivity index (χ1v) is 7.24. The van der Waals surface area contributed by atoms with Crippen LogP contribution in [0.1, 0.15) is 30.9 Å². The summed E-state index contributed by atoms with van der Waals surface area (Å²) >= 11 is 0. The van der Waals surface area contributed by atoms with E-state index >= 15 is 0 Å². The van der Waals surface area contributed by atoms with Gasteiger partial charge in [-0.05, 0) is 42.9 Å². The molecule has 5 heteroatoms. The molecular formula is C17H14N4O. The van der Waals surface area contributed by atoms with Crippen molar-refractivity contribution in [3.8, 4) is 18.2 Å². The van der Waals surface area contributed by atoms with Crippen molar-refractivity contribution in [3.63, 3.8) is 0 Å². The van der Waals surface area contributed by atoms with Gasteiger partial charge in [0.1, 0.15) is 11.7 Å². The Balaban J connectivity index is 2.25. The van der Waals surface area contributed by atoms with Crippen LogP contribution in [0.4, 0.5) is 0 Å². The van der Waals surface area contributed by atoms with Crippen LogP contribution >= 0.6 is 0 Å². The first kappa shape index (κ1) is 14.1. The molecular weight excluding hydrogens is 276 g/mol. The highest BCUT2D eigenvalue weighted by Gasteiger charge is 2.58. The van der Waals surface area contributed by atoms with E-state index in [1.54, 1.807) is 12.1 Å². The Kier molecular flexibility index (Phi) is 3.32. The van der Waals surface area contributed by atoms with Crippen molar-refractivity contribution < 1.29 is 4.42 Å². The average molecular weight is 290 g/mol. The Morgan fingerprint density at radius 1 is 1.27 bits per heavy atom. The van der Waals surface area contributed by atoms with E-state index in [1.165, 1.54) is 6.26 Å². The van der Waals surface area contributed by atoms with Crippen LogP contribution in [0, 0.1) is 56.7 Å². The topological polar surface area (TPSA) is 108 Å². The van der Waals surface area contributed by atoms with E-state index in [0.29, 0.717) is 5.76 Å².